The van der Waals surface area contributed by atoms with E-state index >= 15 is 0 Å². The third-order valence-corrected chi connectivity index (χ3v) is 4.32. The Morgan fingerprint density at radius 3 is 3.00 bits per heavy atom. The SMILES string of the molecule is COCC1CCN(c2cc(Br)ccc2CBr)C1. The Hall–Kier alpha value is -0.0600. The molecule has 1 aliphatic rings. The minimum atomic E-state index is 0.669. The van der Waals surface area contributed by atoms with Gasteiger partial charge in [0.15, 0.2) is 0 Å². The van der Waals surface area contributed by atoms with Crippen molar-refractivity contribution in [2.24, 2.45) is 5.92 Å². The number of methoxy groups -OCH3 is 1. The summed E-state index contributed by atoms with van der Waals surface area (Å²) in [4.78, 5) is 2.46. The molecule has 0 spiro atoms. The number of ether oxygens (including phenoxy) is 1. The molecule has 1 fully saturated rings. The summed E-state index contributed by atoms with van der Waals surface area (Å²) >= 11 is 7.11. The van der Waals surface area contributed by atoms with Crippen LogP contribution in [0.2, 0.25) is 0 Å². The number of alkyl halides is 1. The van der Waals surface area contributed by atoms with Crippen molar-refractivity contribution in [1.29, 1.82) is 0 Å². The van der Waals surface area contributed by atoms with Gasteiger partial charge in [-0.05, 0) is 24.1 Å². The second-order valence-corrected chi connectivity index (χ2v) is 5.94. The molecular weight excluding hydrogens is 346 g/mol. The molecule has 1 aliphatic heterocycles. The maximum absolute atomic E-state index is 5.25. The van der Waals surface area contributed by atoms with Crippen LogP contribution in [-0.4, -0.2) is 26.8 Å². The average molecular weight is 363 g/mol. The van der Waals surface area contributed by atoms with Crippen molar-refractivity contribution < 1.29 is 4.74 Å². The van der Waals surface area contributed by atoms with Gasteiger partial charge in [0.25, 0.3) is 0 Å². The highest BCUT2D eigenvalue weighted by molar-refractivity contribution is 9.10. The zero-order valence-electron chi connectivity index (χ0n) is 9.96. The fourth-order valence-electron chi connectivity index (χ4n) is 2.37. The van der Waals surface area contributed by atoms with Crippen LogP contribution in [0.5, 0.6) is 0 Å². The summed E-state index contributed by atoms with van der Waals surface area (Å²) in [6.07, 6.45) is 1.22. The van der Waals surface area contributed by atoms with E-state index in [2.05, 4.69) is 55.0 Å². The zero-order chi connectivity index (χ0) is 12.3. The number of benzene rings is 1. The molecule has 1 aromatic rings. The molecule has 2 rings (SSSR count). The van der Waals surface area contributed by atoms with Gasteiger partial charge in [-0.15, -0.1) is 0 Å². The molecule has 1 aromatic carbocycles. The van der Waals surface area contributed by atoms with Crippen LogP contribution in [-0.2, 0) is 10.1 Å². The lowest BCUT2D eigenvalue weighted by molar-refractivity contribution is 0.161. The lowest BCUT2D eigenvalue weighted by Crippen LogP contribution is -2.22. The van der Waals surface area contributed by atoms with Crippen LogP contribution in [0.25, 0.3) is 0 Å². The third-order valence-electron chi connectivity index (χ3n) is 3.22. The smallest absolute Gasteiger partial charge is 0.0508 e. The summed E-state index contributed by atoms with van der Waals surface area (Å²) < 4.78 is 6.39. The highest BCUT2D eigenvalue weighted by Crippen LogP contribution is 2.31. The molecule has 4 heteroatoms. The second kappa shape index (κ2) is 6.21. The Bertz CT molecular complexity index is 384. The Labute approximate surface area is 120 Å². The summed E-state index contributed by atoms with van der Waals surface area (Å²) in [7, 11) is 1.78. The maximum Gasteiger partial charge on any atom is 0.0508 e. The predicted octanol–water partition coefficient (Wildman–Crippen LogP) is 3.82. The Morgan fingerprint density at radius 2 is 2.29 bits per heavy atom. The number of halogens is 2. The summed E-state index contributed by atoms with van der Waals surface area (Å²) in [5.74, 6) is 0.669. The molecule has 2 nitrogen and oxygen atoms in total. The van der Waals surface area contributed by atoms with Crippen LogP contribution in [0.1, 0.15) is 12.0 Å². The summed E-state index contributed by atoms with van der Waals surface area (Å²) in [6.45, 7) is 3.10. The number of anilines is 1. The first kappa shape index (κ1) is 13.4. The normalized spacial score (nSPS) is 19.9. The first-order valence-electron chi connectivity index (χ1n) is 5.83. The van der Waals surface area contributed by atoms with Crippen LogP contribution < -0.4 is 4.90 Å². The van der Waals surface area contributed by atoms with Crippen molar-refractivity contribution in [3.05, 3.63) is 28.2 Å². The molecule has 0 amide bonds. The van der Waals surface area contributed by atoms with E-state index in [0.29, 0.717) is 5.92 Å². The maximum atomic E-state index is 5.25. The molecule has 1 atom stereocenters. The topological polar surface area (TPSA) is 12.5 Å². The van der Waals surface area contributed by atoms with Crippen LogP contribution >= 0.6 is 31.9 Å². The van der Waals surface area contributed by atoms with E-state index in [-0.39, 0.29) is 0 Å². The third kappa shape index (κ3) is 3.24. The van der Waals surface area contributed by atoms with Gasteiger partial charge in [-0.25, -0.2) is 0 Å². The van der Waals surface area contributed by atoms with E-state index in [1.807, 2.05) is 0 Å². The lowest BCUT2D eigenvalue weighted by atomic mass is 10.1. The molecule has 1 unspecified atom stereocenters. The standard InChI is InChI=1S/C13H17Br2NO/c1-17-9-10-4-5-16(8-10)13-6-12(15)3-2-11(13)7-14/h2-3,6,10H,4-5,7-9H2,1H3. The van der Waals surface area contributed by atoms with Gasteiger partial charge in [0, 0.05) is 41.6 Å². The van der Waals surface area contributed by atoms with E-state index in [1.54, 1.807) is 7.11 Å². The Kier molecular flexibility index (Phi) is 4.88. The highest BCUT2D eigenvalue weighted by atomic mass is 79.9. The van der Waals surface area contributed by atoms with Gasteiger partial charge in [0.1, 0.15) is 0 Å². The van der Waals surface area contributed by atoms with E-state index in [4.69, 9.17) is 4.74 Å². The van der Waals surface area contributed by atoms with Crippen molar-refractivity contribution in [3.63, 3.8) is 0 Å². The molecular formula is C13H17Br2NO. The van der Waals surface area contributed by atoms with Gasteiger partial charge in [-0.3, -0.25) is 0 Å². The van der Waals surface area contributed by atoms with Crippen molar-refractivity contribution in [2.75, 3.05) is 31.7 Å². The molecule has 0 radical (unpaired) electrons. The first-order valence-corrected chi connectivity index (χ1v) is 7.74. The van der Waals surface area contributed by atoms with Crippen molar-refractivity contribution in [1.82, 2.24) is 0 Å². The van der Waals surface area contributed by atoms with E-state index in [0.717, 1.165) is 29.5 Å². The predicted molar refractivity (Wildman–Crippen MR) is 79.0 cm³/mol. The van der Waals surface area contributed by atoms with Crippen molar-refractivity contribution in [2.45, 2.75) is 11.8 Å². The van der Waals surface area contributed by atoms with E-state index in [1.165, 1.54) is 17.7 Å². The van der Waals surface area contributed by atoms with Crippen LogP contribution in [0.15, 0.2) is 22.7 Å². The van der Waals surface area contributed by atoms with Crippen LogP contribution in [0, 0.1) is 5.92 Å². The first-order chi connectivity index (χ1) is 8.24. The molecule has 0 saturated carbocycles. The number of rotatable bonds is 4. The molecule has 0 aromatic heterocycles. The second-order valence-electron chi connectivity index (χ2n) is 4.46. The quantitative estimate of drug-likeness (QED) is 0.755. The van der Waals surface area contributed by atoms with E-state index < -0.39 is 0 Å². The largest absolute Gasteiger partial charge is 0.384 e. The Balaban J connectivity index is 2.14. The van der Waals surface area contributed by atoms with Gasteiger partial charge in [0.05, 0.1) is 6.61 Å². The van der Waals surface area contributed by atoms with Crippen molar-refractivity contribution in [3.8, 4) is 0 Å². The number of hydrogen-bond donors (Lipinski definition) is 0. The van der Waals surface area contributed by atoms with Gasteiger partial charge < -0.3 is 9.64 Å². The van der Waals surface area contributed by atoms with Crippen LogP contribution in [0.4, 0.5) is 5.69 Å². The molecule has 1 heterocycles. The summed E-state index contributed by atoms with van der Waals surface area (Å²) in [5.41, 5.74) is 2.70. The molecule has 0 N–H and O–H groups in total. The Morgan fingerprint density at radius 1 is 1.47 bits per heavy atom. The number of hydrogen-bond acceptors (Lipinski definition) is 2. The molecule has 0 bridgehead atoms. The lowest BCUT2D eigenvalue weighted by Gasteiger charge is -2.22. The summed E-state index contributed by atoms with van der Waals surface area (Å²) in [6, 6.07) is 6.49. The fourth-order valence-corrected chi connectivity index (χ4v) is 3.19. The fraction of sp³-hybridized carbons (Fsp3) is 0.538. The van der Waals surface area contributed by atoms with Gasteiger partial charge >= 0.3 is 0 Å². The minimum absolute atomic E-state index is 0.669. The van der Waals surface area contributed by atoms with E-state index in [9.17, 15) is 0 Å². The summed E-state index contributed by atoms with van der Waals surface area (Å²) in [5, 5.41) is 0.904. The molecule has 1 saturated heterocycles. The average Bonchev–Trinajstić information content (AvgIpc) is 2.78. The highest BCUT2D eigenvalue weighted by Gasteiger charge is 2.23. The monoisotopic (exact) mass is 361 g/mol. The molecule has 0 aliphatic carbocycles. The minimum Gasteiger partial charge on any atom is -0.384 e. The van der Waals surface area contributed by atoms with Gasteiger partial charge in [0.2, 0.25) is 0 Å². The molecule has 94 valence electrons. The van der Waals surface area contributed by atoms with Gasteiger partial charge in [-0.1, -0.05) is 37.9 Å². The number of nitrogens with zero attached hydrogens (tertiary/aromatic N) is 1. The van der Waals surface area contributed by atoms with Crippen molar-refractivity contribution >= 4 is 37.5 Å². The van der Waals surface area contributed by atoms with Gasteiger partial charge in [-0.2, -0.15) is 0 Å². The van der Waals surface area contributed by atoms with Crippen LogP contribution in [0.3, 0.4) is 0 Å². The molecule has 17 heavy (non-hydrogen) atoms. The zero-order valence-corrected chi connectivity index (χ0v) is 13.1.